The third-order valence-corrected chi connectivity index (χ3v) is 5.89. The van der Waals surface area contributed by atoms with Crippen molar-refractivity contribution < 1.29 is 23.8 Å². The molecule has 1 heterocycles. The fraction of sp³-hybridized carbons (Fsp3) is 0.684. The molecule has 0 aliphatic carbocycles. The highest BCUT2D eigenvalue weighted by Crippen LogP contribution is 2.25. The number of esters is 1. The summed E-state index contributed by atoms with van der Waals surface area (Å²) in [6, 6.07) is 2.05. The molecule has 5 nitrogen and oxygen atoms in total. The van der Waals surface area contributed by atoms with Crippen LogP contribution in [0.2, 0.25) is 19.6 Å². The predicted molar refractivity (Wildman–Crippen MR) is 101 cm³/mol. The van der Waals surface area contributed by atoms with E-state index in [-0.39, 0.29) is 18.5 Å². The number of hydrogen-bond acceptors (Lipinski definition) is 4. The first-order valence-corrected chi connectivity index (χ1v) is 12.7. The van der Waals surface area contributed by atoms with Crippen molar-refractivity contribution in [3.05, 3.63) is 17.9 Å². The minimum atomic E-state index is -1.51. The molecule has 0 bridgehead atoms. The minimum Gasteiger partial charge on any atom is -0.481 e. The van der Waals surface area contributed by atoms with Crippen LogP contribution in [0.4, 0.5) is 0 Å². The number of carboxylic acid groups (broad SMARTS) is 1. The van der Waals surface area contributed by atoms with Crippen LogP contribution in [-0.4, -0.2) is 25.1 Å². The van der Waals surface area contributed by atoms with Gasteiger partial charge < -0.3 is 14.3 Å². The van der Waals surface area contributed by atoms with Crippen LogP contribution < -0.4 is 5.38 Å². The Kier molecular flexibility index (Phi) is 8.96. The Bertz CT molecular complexity index is 544. The van der Waals surface area contributed by atoms with Gasteiger partial charge in [0, 0.05) is 18.9 Å². The van der Waals surface area contributed by atoms with Gasteiger partial charge in [-0.05, 0) is 25.3 Å². The van der Waals surface area contributed by atoms with Crippen molar-refractivity contribution in [1.29, 1.82) is 0 Å². The second-order valence-electron chi connectivity index (χ2n) is 7.65. The Morgan fingerprint density at radius 2 is 1.72 bits per heavy atom. The fourth-order valence-corrected chi connectivity index (χ4v) is 3.73. The van der Waals surface area contributed by atoms with Crippen LogP contribution in [0.15, 0.2) is 16.7 Å². The second kappa shape index (κ2) is 10.4. The zero-order valence-electron chi connectivity index (χ0n) is 16.0. The van der Waals surface area contributed by atoms with E-state index >= 15 is 0 Å². The van der Waals surface area contributed by atoms with Gasteiger partial charge in [0.15, 0.2) is 0 Å². The number of hydrogen-bond donors (Lipinski definition) is 1. The maximum atomic E-state index is 11.4. The maximum Gasteiger partial charge on any atom is 0.303 e. The summed E-state index contributed by atoms with van der Waals surface area (Å²) < 4.78 is 11.2. The summed E-state index contributed by atoms with van der Waals surface area (Å²) in [5.41, 5.74) is 0.953. The Labute approximate surface area is 151 Å². The summed E-state index contributed by atoms with van der Waals surface area (Å²) in [5.74, 6) is -0.989. The van der Waals surface area contributed by atoms with E-state index in [1.54, 1.807) is 6.26 Å². The quantitative estimate of drug-likeness (QED) is 0.330. The van der Waals surface area contributed by atoms with E-state index in [2.05, 4.69) is 19.6 Å². The summed E-state index contributed by atoms with van der Waals surface area (Å²) in [6.07, 6.45) is 8.42. The summed E-state index contributed by atoms with van der Waals surface area (Å²) in [5, 5.41) is 9.63. The Morgan fingerprint density at radius 3 is 2.24 bits per heavy atom. The average Bonchev–Trinajstić information content (AvgIpc) is 2.98. The topological polar surface area (TPSA) is 76.7 Å². The average molecular weight is 369 g/mol. The van der Waals surface area contributed by atoms with Gasteiger partial charge in [-0.25, -0.2) is 0 Å². The van der Waals surface area contributed by atoms with Crippen LogP contribution >= 0.6 is 0 Å². The van der Waals surface area contributed by atoms with Gasteiger partial charge in [0.05, 0.1) is 11.6 Å². The summed E-state index contributed by atoms with van der Waals surface area (Å²) >= 11 is 0. The van der Waals surface area contributed by atoms with E-state index in [4.69, 9.17) is 14.3 Å². The summed E-state index contributed by atoms with van der Waals surface area (Å²) in [7, 11) is -1.51. The normalized spacial score (nSPS) is 12.8. The summed E-state index contributed by atoms with van der Waals surface area (Å²) in [6.45, 7) is 8.11. The highest BCUT2D eigenvalue weighted by atomic mass is 28.3. The molecule has 0 amide bonds. The molecule has 1 rings (SSSR count). The maximum absolute atomic E-state index is 11.4. The van der Waals surface area contributed by atoms with Gasteiger partial charge in [-0.2, -0.15) is 0 Å². The van der Waals surface area contributed by atoms with Gasteiger partial charge in [0.25, 0.3) is 0 Å². The third-order valence-electron chi connectivity index (χ3n) is 4.15. The molecule has 0 aliphatic rings. The first-order valence-electron chi connectivity index (χ1n) is 9.18. The first kappa shape index (κ1) is 21.5. The minimum absolute atomic E-state index is 0.238. The Balaban J connectivity index is 2.40. The molecule has 0 saturated heterocycles. The molecule has 0 radical (unpaired) electrons. The number of carbonyl (C=O) groups excluding carboxylic acids is 1. The van der Waals surface area contributed by atoms with Crippen molar-refractivity contribution in [2.45, 2.75) is 84.0 Å². The number of furan rings is 1. The zero-order valence-corrected chi connectivity index (χ0v) is 17.0. The van der Waals surface area contributed by atoms with Crippen molar-refractivity contribution in [3.63, 3.8) is 0 Å². The van der Waals surface area contributed by atoms with Crippen LogP contribution in [-0.2, 0) is 14.3 Å². The number of ether oxygens (including phenoxy) is 1. The molecule has 1 aromatic rings. The van der Waals surface area contributed by atoms with Crippen molar-refractivity contribution in [3.8, 4) is 0 Å². The predicted octanol–water partition coefficient (Wildman–Crippen LogP) is 4.63. The van der Waals surface area contributed by atoms with E-state index < -0.39 is 14.0 Å². The lowest BCUT2D eigenvalue weighted by atomic mass is 10.0. The smallest absolute Gasteiger partial charge is 0.303 e. The SMILES string of the molecule is CC(=O)OC(CCCCCCCCC(=O)O)c1coc([Si](C)(C)C)c1. The van der Waals surface area contributed by atoms with Gasteiger partial charge in [-0.1, -0.05) is 45.3 Å². The first-order chi connectivity index (χ1) is 11.7. The molecule has 0 fully saturated rings. The highest BCUT2D eigenvalue weighted by Gasteiger charge is 2.24. The van der Waals surface area contributed by atoms with Gasteiger partial charge in [-0.3, -0.25) is 9.59 Å². The molecule has 1 N–H and O–H groups in total. The van der Waals surface area contributed by atoms with Crippen molar-refractivity contribution >= 4 is 25.4 Å². The highest BCUT2D eigenvalue weighted by molar-refractivity contribution is 6.87. The molecule has 1 aromatic heterocycles. The van der Waals surface area contributed by atoms with E-state index in [1.807, 2.05) is 6.07 Å². The van der Waals surface area contributed by atoms with Crippen LogP contribution in [0, 0.1) is 0 Å². The van der Waals surface area contributed by atoms with Crippen LogP contribution in [0.25, 0.3) is 0 Å². The van der Waals surface area contributed by atoms with E-state index in [0.29, 0.717) is 0 Å². The largest absolute Gasteiger partial charge is 0.481 e. The molecule has 6 heteroatoms. The van der Waals surface area contributed by atoms with E-state index in [1.165, 1.54) is 6.92 Å². The van der Waals surface area contributed by atoms with Crippen LogP contribution in [0.1, 0.15) is 70.0 Å². The molecule has 0 aromatic carbocycles. The van der Waals surface area contributed by atoms with Crippen molar-refractivity contribution in [2.24, 2.45) is 0 Å². The van der Waals surface area contributed by atoms with Crippen LogP contribution in [0.5, 0.6) is 0 Å². The lowest BCUT2D eigenvalue weighted by Gasteiger charge is -2.15. The molecule has 0 spiro atoms. The Morgan fingerprint density at radius 1 is 1.12 bits per heavy atom. The molecule has 1 unspecified atom stereocenters. The van der Waals surface area contributed by atoms with Gasteiger partial charge in [-0.15, -0.1) is 0 Å². The monoisotopic (exact) mass is 368 g/mol. The molecule has 0 aliphatic heterocycles. The zero-order chi connectivity index (χ0) is 18.9. The van der Waals surface area contributed by atoms with Gasteiger partial charge in [0.2, 0.25) is 0 Å². The standard InChI is InChI=1S/C19H32O5Si/c1-15(20)24-17(16-13-19(23-14-16)25(2,3)4)11-9-7-5-6-8-10-12-18(21)22/h13-14,17H,5-12H2,1-4H3,(H,21,22). The lowest BCUT2D eigenvalue weighted by molar-refractivity contribution is -0.147. The number of rotatable bonds is 12. The third kappa shape index (κ3) is 8.91. The Hall–Kier alpha value is -1.56. The number of carbonyl (C=O) groups is 2. The van der Waals surface area contributed by atoms with E-state index in [0.717, 1.165) is 55.9 Å². The van der Waals surface area contributed by atoms with Crippen molar-refractivity contribution in [2.75, 3.05) is 0 Å². The fourth-order valence-electron chi connectivity index (χ4n) is 2.72. The number of carboxylic acids is 1. The second-order valence-corrected chi connectivity index (χ2v) is 12.6. The van der Waals surface area contributed by atoms with Crippen molar-refractivity contribution in [1.82, 2.24) is 0 Å². The number of aliphatic carboxylic acids is 1. The molecule has 1 atom stereocenters. The van der Waals surface area contributed by atoms with Gasteiger partial charge in [0.1, 0.15) is 14.2 Å². The molecule has 25 heavy (non-hydrogen) atoms. The van der Waals surface area contributed by atoms with Crippen LogP contribution in [0.3, 0.4) is 0 Å². The lowest BCUT2D eigenvalue weighted by Crippen LogP contribution is -2.36. The van der Waals surface area contributed by atoms with Gasteiger partial charge >= 0.3 is 11.9 Å². The number of unbranched alkanes of at least 4 members (excludes halogenated alkanes) is 5. The molecule has 0 saturated carbocycles. The summed E-state index contributed by atoms with van der Waals surface area (Å²) in [4.78, 5) is 21.9. The molecule has 142 valence electrons. The molecular weight excluding hydrogens is 336 g/mol. The molecular formula is C19H32O5Si. The van der Waals surface area contributed by atoms with E-state index in [9.17, 15) is 9.59 Å².